The van der Waals surface area contributed by atoms with E-state index in [2.05, 4.69) is 0 Å². The molecule has 1 saturated heterocycles. The van der Waals surface area contributed by atoms with Crippen LogP contribution in [0.4, 0.5) is 5.69 Å². The molecule has 8 heteroatoms. The molecule has 4 rings (SSSR count). The number of ether oxygens (including phenoxy) is 3. The zero-order valence-corrected chi connectivity index (χ0v) is 21.6. The third kappa shape index (κ3) is 4.79. The molecule has 37 heavy (non-hydrogen) atoms. The van der Waals surface area contributed by atoms with E-state index in [1.165, 1.54) is 4.90 Å². The molecule has 1 aliphatic heterocycles. The summed E-state index contributed by atoms with van der Waals surface area (Å²) in [5, 5.41) is 0.472. The van der Waals surface area contributed by atoms with E-state index in [1.807, 2.05) is 25.1 Å². The van der Waals surface area contributed by atoms with Gasteiger partial charge >= 0.3 is 17.9 Å². The molecular formula is C29H28ClNO6. The summed E-state index contributed by atoms with van der Waals surface area (Å²) in [7, 11) is 0. The predicted octanol–water partition coefficient (Wildman–Crippen LogP) is 5.09. The zero-order valence-electron chi connectivity index (χ0n) is 20.8. The van der Waals surface area contributed by atoms with E-state index in [-0.39, 0.29) is 13.2 Å². The fraction of sp³-hybridized carbons (Fsp3) is 0.276. The molecule has 2 atom stereocenters. The van der Waals surface area contributed by atoms with Crippen LogP contribution < -0.4 is 9.64 Å². The van der Waals surface area contributed by atoms with Crippen molar-refractivity contribution in [3.63, 3.8) is 0 Å². The van der Waals surface area contributed by atoms with Gasteiger partial charge < -0.3 is 19.1 Å². The molecule has 0 saturated carbocycles. The van der Waals surface area contributed by atoms with Crippen molar-refractivity contribution in [2.45, 2.75) is 38.3 Å². The topological polar surface area (TPSA) is 82.1 Å². The van der Waals surface area contributed by atoms with Gasteiger partial charge in [-0.15, -0.1) is 0 Å². The smallest absolute Gasteiger partial charge is 0.344 e. The van der Waals surface area contributed by atoms with Crippen LogP contribution in [-0.4, -0.2) is 42.7 Å². The van der Waals surface area contributed by atoms with E-state index in [1.54, 1.807) is 74.5 Å². The lowest BCUT2D eigenvalue weighted by molar-refractivity contribution is -0.173. The van der Waals surface area contributed by atoms with Gasteiger partial charge in [0.15, 0.2) is 0 Å². The van der Waals surface area contributed by atoms with Crippen LogP contribution in [-0.2, 0) is 23.9 Å². The van der Waals surface area contributed by atoms with Gasteiger partial charge in [-0.05, 0) is 62.7 Å². The summed E-state index contributed by atoms with van der Waals surface area (Å²) in [5.41, 5.74) is 0.0331. The third-order valence-corrected chi connectivity index (χ3v) is 6.59. The molecule has 3 aromatic carbocycles. The number of halogens is 1. The number of anilines is 1. The van der Waals surface area contributed by atoms with Crippen LogP contribution in [0.5, 0.6) is 5.75 Å². The number of esters is 3. The Morgan fingerprint density at radius 2 is 1.41 bits per heavy atom. The van der Waals surface area contributed by atoms with Crippen LogP contribution in [0, 0.1) is 6.92 Å². The fourth-order valence-corrected chi connectivity index (χ4v) is 4.88. The van der Waals surface area contributed by atoms with Crippen LogP contribution in [0.3, 0.4) is 0 Å². The Balaban J connectivity index is 1.93. The average Bonchev–Trinajstić information content (AvgIpc) is 2.87. The predicted molar refractivity (Wildman–Crippen MR) is 140 cm³/mol. The van der Waals surface area contributed by atoms with E-state index < -0.39 is 35.4 Å². The molecule has 0 aliphatic carbocycles. The molecule has 0 N–H and O–H groups in total. The van der Waals surface area contributed by atoms with Crippen LogP contribution in [0.25, 0.3) is 0 Å². The van der Waals surface area contributed by atoms with Crippen molar-refractivity contribution in [3.05, 3.63) is 95.0 Å². The second-order valence-corrected chi connectivity index (χ2v) is 9.06. The largest absolute Gasteiger partial charge is 0.464 e. The van der Waals surface area contributed by atoms with Crippen molar-refractivity contribution in [3.8, 4) is 5.75 Å². The van der Waals surface area contributed by atoms with Gasteiger partial charge in [0.1, 0.15) is 11.8 Å². The number of carbonyl (C=O) groups is 3. The molecule has 1 heterocycles. The minimum atomic E-state index is -1.96. The normalized spacial score (nSPS) is 17.9. The second kappa shape index (κ2) is 11.0. The van der Waals surface area contributed by atoms with Crippen molar-refractivity contribution in [1.82, 2.24) is 0 Å². The van der Waals surface area contributed by atoms with Crippen molar-refractivity contribution in [1.29, 1.82) is 0 Å². The van der Waals surface area contributed by atoms with Gasteiger partial charge in [0.05, 0.1) is 19.1 Å². The molecule has 192 valence electrons. The van der Waals surface area contributed by atoms with Crippen LogP contribution in [0.2, 0.25) is 5.02 Å². The third-order valence-electron chi connectivity index (χ3n) is 6.34. The van der Waals surface area contributed by atoms with E-state index in [4.69, 9.17) is 25.8 Å². The Labute approximate surface area is 220 Å². The summed E-state index contributed by atoms with van der Waals surface area (Å²) in [6, 6.07) is 21.4. The van der Waals surface area contributed by atoms with Crippen LogP contribution in [0.1, 0.15) is 30.9 Å². The molecule has 0 spiro atoms. The summed E-state index contributed by atoms with van der Waals surface area (Å²) in [5.74, 6) is -2.87. The highest BCUT2D eigenvalue weighted by molar-refractivity contribution is 6.30. The van der Waals surface area contributed by atoms with E-state index in [0.717, 1.165) is 5.56 Å². The number of carbonyl (C=O) groups excluding carboxylic acids is 3. The molecular weight excluding hydrogens is 494 g/mol. The standard InChI is InChI=1S/C29H28ClNO6/c1-4-35-27(33)29(28(34)36-5-2)24(20-13-15-21(30)16-14-20)25(26(32)37-23-9-7-6-8-10-23)31(29)22-17-11-19(3)12-18-22/h6-18,24-25H,4-5H2,1-3H3. The summed E-state index contributed by atoms with van der Waals surface area (Å²) >= 11 is 6.13. The molecule has 0 aromatic heterocycles. The molecule has 7 nitrogen and oxygen atoms in total. The zero-order chi connectivity index (χ0) is 26.6. The number of para-hydroxylation sites is 1. The van der Waals surface area contributed by atoms with Crippen molar-refractivity contribution < 1.29 is 28.6 Å². The lowest BCUT2D eigenvalue weighted by Crippen LogP contribution is -2.81. The van der Waals surface area contributed by atoms with Crippen LogP contribution >= 0.6 is 11.6 Å². The van der Waals surface area contributed by atoms with Gasteiger partial charge in [0.25, 0.3) is 0 Å². The number of nitrogens with zero attached hydrogens (tertiary/aromatic N) is 1. The van der Waals surface area contributed by atoms with E-state index in [0.29, 0.717) is 22.0 Å². The van der Waals surface area contributed by atoms with Gasteiger partial charge in [0, 0.05) is 10.7 Å². The number of benzene rings is 3. The minimum Gasteiger partial charge on any atom is -0.464 e. The van der Waals surface area contributed by atoms with Crippen molar-refractivity contribution in [2.24, 2.45) is 0 Å². The molecule has 1 fully saturated rings. The summed E-state index contributed by atoms with van der Waals surface area (Å²) < 4.78 is 16.6. The monoisotopic (exact) mass is 521 g/mol. The summed E-state index contributed by atoms with van der Waals surface area (Å²) in [6.07, 6.45) is 0. The maximum absolute atomic E-state index is 13.8. The first-order valence-corrected chi connectivity index (χ1v) is 12.4. The van der Waals surface area contributed by atoms with Gasteiger partial charge in [-0.1, -0.05) is 59.6 Å². The Morgan fingerprint density at radius 1 is 0.838 bits per heavy atom. The Kier molecular flexibility index (Phi) is 7.83. The number of rotatable bonds is 8. The number of hydrogen-bond donors (Lipinski definition) is 0. The lowest BCUT2D eigenvalue weighted by atomic mass is 9.63. The summed E-state index contributed by atoms with van der Waals surface area (Å²) in [4.78, 5) is 42.7. The van der Waals surface area contributed by atoms with Gasteiger partial charge in [-0.25, -0.2) is 14.4 Å². The van der Waals surface area contributed by atoms with E-state index >= 15 is 0 Å². The van der Waals surface area contributed by atoms with Crippen LogP contribution in [0.15, 0.2) is 78.9 Å². The molecule has 1 aliphatic rings. The number of hydrogen-bond acceptors (Lipinski definition) is 7. The Hall–Kier alpha value is -3.84. The first-order valence-electron chi connectivity index (χ1n) is 12.1. The molecule has 3 aromatic rings. The summed E-state index contributed by atoms with van der Waals surface area (Å²) in [6.45, 7) is 5.30. The first-order chi connectivity index (χ1) is 17.8. The molecule has 0 amide bonds. The Morgan fingerprint density at radius 3 is 1.95 bits per heavy atom. The fourth-order valence-electron chi connectivity index (χ4n) is 4.75. The molecule has 0 radical (unpaired) electrons. The minimum absolute atomic E-state index is 0.0359. The average molecular weight is 522 g/mol. The first kappa shape index (κ1) is 26.2. The van der Waals surface area contributed by atoms with Gasteiger partial charge in [-0.2, -0.15) is 0 Å². The molecule has 0 bridgehead atoms. The highest BCUT2D eigenvalue weighted by atomic mass is 35.5. The second-order valence-electron chi connectivity index (χ2n) is 8.62. The number of aryl methyl sites for hydroxylation is 1. The van der Waals surface area contributed by atoms with E-state index in [9.17, 15) is 14.4 Å². The highest BCUT2D eigenvalue weighted by Gasteiger charge is 2.74. The lowest BCUT2D eigenvalue weighted by Gasteiger charge is -2.59. The van der Waals surface area contributed by atoms with Gasteiger partial charge in [0.2, 0.25) is 5.54 Å². The maximum Gasteiger partial charge on any atom is 0.344 e. The van der Waals surface area contributed by atoms with Gasteiger partial charge in [-0.3, -0.25) is 0 Å². The van der Waals surface area contributed by atoms with Crippen molar-refractivity contribution in [2.75, 3.05) is 18.1 Å². The Bertz CT molecular complexity index is 1190. The SMILES string of the molecule is CCOC(=O)C1(C(=O)OCC)C(c2ccc(Cl)cc2)C(C(=O)Oc2ccccc2)N1c1ccc(C)cc1. The quantitative estimate of drug-likeness (QED) is 0.232. The van der Waals surface area contributed by atoms with Crippen molar-refractivity contribution >= 4 is 35.2 Å². The molecule has 2 unspecified atom stereocenters. The maximum atomic E-state index is 13.8. The highest BCUT2D eigenvalue weighted by Crippen LogP contribution is 2.53.